The monoisotopic (exact) mass is 256 g/mol. The molecule has 0 aromatic carbocycles. The second-order valence-electron chi connectivity index (χ2n) is 4.01. The van der Waals surface area contributed by atoms with E-state index in [1.165, 1.54) is 0 Å². The van der Waals surface area contributed by atoms with Gasteiger partial charge in [-0.25, -0.2) is 0 Å². The summed E-state index contributed by atoms with van der Waals surface area (Å²) in [6.45, 7) is 3.90. The van der Waals surface area contributed by atoms with Crippen LogP contribution < -0.4 is 5.32 Å². The van der Waals surface area contributed by atoms with Crippen LogP contribution in [0.25, 0.3) is 0 Å². The molecule has 1 aromatic heterocycles. The fourth-order valence-corrected chi connectivity index (χ4v) is 1.99. The molecule has 0 saturated carbocycles. The van der Waals surface area contributed by atoms with Crippen molar-refractivity contribution in [3.8, 4) is 0 Å². The van der Waals surface area contributed by atoms with Crippen molar-refractivity contribution in [2.24, 2.45) is 0 Å². The highest BCUT2D eigenvalue weighted by atomic mass is 35.5. The van der Waals surface area contributed by atoms with Crippen molar-refractivity contribution in [3.63, 3.8) is 0 Å². The summed E-state index contributed by atoms with van der Waals surface area (Å²) >= 11 is 6.18. The molecule has 1 aromatic rings. The van der Waals surface area contributed by atoms with Gasteiger partial charge in [0, 0.05) is 19.9 Å². The van der Waals surface area contributed by atoms with E-state index >= 15 is 0 Å². The molecular formula is C13H21ClN2O. The lowest BCUT2D eigenvalue weighted by atomic mass is 10.1. The van der Waals surface area contributed by atoms with E-state index in [1.54, 1.807) is 13.3 Å². The van der Waals surface area contributed by atoms with Crippen LogP contribution in [0.3, 0.4) is 0 Å². The quantitative estimate of drug-likeness (QED) is 0.726. The zero-order chi connectivity index (χ0) is 12.5. The Kier molecular flexibility index (Phi) is 7.17. The summed E-state index contributed by atoms with van der Waals surface area (Å²) in [4.78, 5) is 4.37. The molecule has 0 amide bonds. The van der Waals surface area contributed by atoms with Crippen molar-refractivity contribution < 1.29 is 4.74 Å². The van der Waals surface area contributed by atoms with Crippen LogP contribution in [0.5, 0.6) is 0 Å². The van der Waals surface area contributed by atoms with E-state index in [-0.39, 0.29) is 6.04 Å². The minimum absolute atomic E-state index is 0.221. The maximum absolute atomic E-state index is 6.18. The van der Waals surface area contributed by atoms with Crippen LogP contribution >= 0.6 is 11.6 Å². The van der Waals surface area contributed by atoms with Gasteiger partial charge in [0.15, 0.2) is 0 Å². The smallest absolute Gasteiger partial charge is 0.0758 e. The highest BCUT2D eigenvalue weighted by Gasteiger charge is 2.14. The van der Waals surface area contributed by atoms with Gasteiger partial charge in [0.05, 0.1) is 16.8 Å². The van der Waals surface area contributed by atoms with Crippen molar-refractivity contribution >= 4 is 11.6 Å². The molecule has 1 N–H and O–H groups in total. The van der Waals surface area contributed by atoms with Crippen LogP contribution in [-0.2, 0) is 4.74 Å². The lowest BCUT2D eigenvalue weighted by Crippen LogP contribution is -2.23. The van der Waals surface area contributed by atoms with Gasteiger partial charge in [0.25, 0.3) is 0 Å². The number of hydrogen-bond donors (Lipinski definition) is 1. The summed E-state index contributed by atoms with van der Waals surface area (Å²) in [6.07, 6.45) is 4.89. The first kappa shape index (κ1) is 14.4. The highest BCUT2D eigenvalue weighted by molar-refractivity contribution is 6.31. The van der Waals surface area contributed by atoms with Crippen LogP contribution in [0.15, 0.2) is 18.3 Å². The van der Waals surface area contributed by atoms with E-state index in [2.05, 4.69) is 17.2 Å². The van der Waals surface area contributed by atoms with Gasteiger partial charge < -0.3 is 10.1 Å². The van der Waals surface area contributed by atoms with Gasteiger partial charge >= 0.3 is 0 Å². The number of halogens is 1. The van der Waals surface area contributed by atoms with E-state index < -0.39 is 0 Å². The molecule has 0 aliphatic heterocycles. The minimum Gasteiger partial charge on any atom is -0.385 e. The molecule has 1 rings (SSSR count). The van der Waals surface area contributed by atoms with Gasteiger partial charge in [0.2, 0.25) is 0 Å². The number of rotatable bonds is 8. The van der Waals surface area contributed by atoms with Gasteiger partial charge in [-0.1, -0.05) is 18.5 Å². The Balaban J connectivity index is 2.64. The predicted octanol–water partition coefficient (Wildman–Crippen LogP) is 3.20. The van der Waals surface area contributed by atoms with Crippen LogP contribution in [0.2, 0.25) is 5.02 Å². The zero-order valence-electron chi connectivity index (χ0n) is 10.6. The SMILES string of the molecule is CCCNC(CCCOC)c1ncccc1Cl. The third kappa shape index (κ3) is 5.02. The Hall–Kier alpha value is -0.640. The molecule has 1 unspecified atom stereocenters. The number of nitrogens with one attached hydrogen (secondary N) is 1. The standard InChI is InChI=1S/C13H21ClN2O/c1-3-8-15-12(7-5-10-17-2)13-11(14)6-4-9-16-13/h4,6,9,12,15H,3,5,7-8,10H2,1-2H3. The van der Waals surface area contributed by atoms with E-state index in [9.17, 15) is 0 Å². The molecule has 0 fully saturated rings. The third-order valence-electron chi connectivity index (χ3n) is 2.60. The van der Waals surface area contributed by atoms with Crippen molar-refractivity contribution in [2.45, 2.75) is 32.2 Å². The molecule has 1 atom stereocenters. The van der Waals surface area contributed by atoms with Crippen LogP contribution in [0.1, 0.15) is 37.9 Å². The average Bonchev–Trinajstić information content (AvgIpc) is 2.35. The summed E-state index contributed by atoms with van der Waals surface area (Å²) in [5, 5.41) is 4.22. The molecule has 4 heteroatoms. The zero-order valence-corrected chi connectivity index (χ0v) is 11.3. The van der Waals surface area contributed by atoms with E-state index in [0.29, 0.717) is 0 Å². The summed E-state index contributed by atoms with van der Waals surface area (Å²) < 4.78 is 5.08. The summed E-state index contributed by atoms with van der Waals surface area (Å²) in [7, 11) is 1.72. The number of pyridine rings is 1. The van der Waals surface area contributed by atoms with Gasteiger partial charge in [-0.2, -0.15) is 0 Å². The maximum atomic E-state index is 6.18. The Morgan fingerprint density at radius 2 is 2.35 bits per heavy atom. The molecule has 0 radical (unpaired) electrons. The summed E-state index contributed by atoms with van der Waals surface area (Å²) in [6, 6.07) is 3.97. The molecule has 0 saturated heterocycles. The minimum atomic E-state index is 0.221. The Labute approximate surface area is 109 Å². The lowest BCUT2D eigenvalue weighted by Gasteiger charge is -2.18. The number of ether oxygens (including phenoxy) is 1. The summed E-state index contributed by atoms with van der Waals surface area (Å²) in [5.74, 6) is 0. The molecular weight excluding hydrogens is 236 g/mol. The molecule has 1 heterocycles. The van der Waals surface area contributed by atoms with E-state index in [4.69, 9.17) is 16.3 Å². The highest BCUT2D eigenvalue weighted by Crippen LogP contribution is 2.23. The normalized spacial score (nSPS) is 12.6. The first-order valence-electron chi connectivity index (χ1n) is 6.12. The number of aromatic nitrogens is 1. The Morgan fingerprint density at radius 1 is 1.53 bits per heavy atom. The van der Waals surface area contributed by atoms with E-state index in [1.807, 2.05) is 12.1 Å². The second-order valence-corrected chi connectivity index (χ2v) is 4.42. The van der Waals surface area contributed by atoms with Gasteiger partial charge in [-0.05, 0) is 37.9 Å². The molecule has 0 bridgehead atoms. The van der Waals surface area contributed by atoms with Crippen LogP contribution in [0.4, 0.5) is 0 Å². The number of hydrogen-bond acceptors (Lipinski definition) is 3. The van der Waals surface area contributed by atoms with Crippen LogP contribution in [-0.4, -0.2) is 25.2 Å². The topological polar surface area (TPSA) is 34.1 Å². The van der Waals surface area contributed by atoms with E-state index in [0.717, 1.165) is 43.1 Å². The maximum Gasteiger partial charge on any atom is 0.0758 e. The molecule has 0 spiro atoms. The lowest BCUT2D eigenvalue weighted by molar-refractivity contribution is 0.188. The fraction of sp³-hybridized carbons (Fsp3) is 0.615. The van der Waals surface area contributed by atoms with Crippen molar-refractivity contribution in [1.82, 2.24) is 10.3 Å². The van der Waals surface area contributed by atoms with Crippen molar-refractivity contribution in [2.75, 3.05) is 20.3 Å². The van der Waals surface area contributed by atoms with Crippen LogP contribution in [0, 0.1) is 0 Å². The largest absolute Gasteiger partial charge is 0.385 e. The Morgan fingerprint density at radius 3 is 3.00 bits per heavy atom. The van der Waals surface area contributed by atoms with Gasteiger partial charge in [-0.15, -0.1) is 0 Å². The molecule has 0 aliphatic rings. The Bertz CT molecular complexity index is 320. The number of nitrogens with zero attached hydrogens (tertiary/aromatic N) is 1. The second kappa shape index (κ2) is 8.45. The van der Waals surface area contributed by atoms with Gasteiger partial charge in [0.1, 0.15) is 0 Å². The fourth-order valence-electron chi connectivity index (χ4n) is 1.74. The third-order valence-corrected chi connectivity index (χ3v) is 2.92. The molecule has 0 aliphatic carbocycles. The van der Waals surface area contributed by atoms with Crippen molar-refractivity contribution in [1.29, 1.82) is 0 Å². The first-order valence-corrected chi connectivity index (χ1v) is 6.50. The van der Waals surface area contributed by atoms with Gasteiger partial charge in [-0.3, -0.25) is 4.98 Å². The predicted molar refractivity (Wildman–Crippen MR) is 71.4 cm³/mol. The number of methoxy groups -OCH3 is 1. The molecule has 96 valence electrons. The molecule has 17 heavy (non-hydrogen) atoms. The average molecular weight is 257 g/mol. The summed E-state index contributed by atoms with van der Waals surface area (Å²) in [5.41, 5.74) is 0.943. The van der Waals surface area contributed by atoms with Crippen molar-refractivity contribution in [3.05, 3.63) is 29.0 Å². The first-order chi connectivity index (χ1) is 8.29. The molecule has 3 nitrogen and oxygen atoms in total.